The van der Waals surface area contributed by atoms with Crippen molar-refractivity contribution in [2.24, 2.45) is 0 Å². The highest BCUT2D eigenvalue weighted by Crippen LogP contribution is 2.17. The average Bonchev–Trinajstić information content (AvgIpc) is 2.52. The number of esters is 1. The van der Waals surface area contributed by atoms with Crippen molar-refractivity contribution in [2.45, 2.75) is 20.3 Å². The molecule has 0 atom stereocenters. The average molecular weight is 301 g/mol. The number of hydrogen-bond acceptors (Lipinski definition) is 5. The molecule has 0 aliphatic heterocycles. The predicted octanol–water partition coefficient (Wildman–Crippen LogP) is 2.21. The zero-order valence-electron chi connectivity index (χ0n) is 12.7. The second kappa shape index (κ2) is 9.19. The van der Waals surface area contributed by atoms with Crippen LogP contribution in [0.3, 0.4) is 0 Å². The van der Waals surface area contributed by atoms with Crippen molar-refractivity contribution < 1.29 is 14.3 Å². The molecule has 0 aromatic heterocycles. The van der Waals surface area contributed by atoms with Crippen LogP contribution in [-0.4, -0.2) is 25.0 Å². The molecule has 1 rings (SSSR count). The highest BCUT2D eigenvalue weighted by molar-refractivity contribution is 6.09. The van der Waals surface area contributed by atoms with Crippen LogP contribution < -0.4 is 10.6 Å². The Bertz CT molecular complexity index is 603. The number of ether oxygens (including phenoxy) is 1. The first-order valence-corrected chi connectivity index (χ1v) is 7.05. The molecular formula is C16H19N3O3. The Hall–Kier alpha value is -2.81. The van der Waals surface area contributed by atoms with Gasteiger partial charge in [0.1, 0.15) is 11.6 Å². The molecule has 116 valence electrons. The molecule has 0 bridgehead atoms. The molecule has 0 aliphatic carbocycles. The van der Waals surface area contributed by atoms with Crippen LogP contribution in [0.1, 0.15) is 30.6 Å². The normalized spacial score (nSPS) is 10.5. The maximum atomic E-state index is 12.1. The van der Waals surface area contributed by atoms with Gasteiger partial charge in [0, 0.05) is 12.7 Å². The van der Waals surface area contributed by atoms with Crippen molar-refractivity contribution in [1.29, 1.82) is 5.26 Å². The summed E-state index contributed by atoms with van der Waals surface area (Å²) < 4.78 is 4.93. The summed E-state index contributed by atoms with van der Waals surface area (Å²) in [5.74, 6) is -1.10. The van der Waals surface area contributed by atoms with Gasteiger partial charge in [-0.1, -0.05) is 19.1 Å². The fourth-order valence-corrected chi connectivity index (χ4v) is 1.64. The van der Waals surface area contributed by atoms with Crippen LogP contribution in [0.25, 0.3) is 0 Å². The van der Waals surface area contributed by atoms with E-state index in [4.69, 9.17) is 10.00 Å². The van der Waals surface area contributed by atoms with Gasteiger partial charge in [0.05, 0.1) is 17.9 Å². The minimum atomic E-state index is -0.581. The van der Waals surface area contributed by atoms with Crippen LogP contribution in [-0.2, 0) is 9.53 Å². The lowest BCUT2D eigenvalue weighted by molar-refractivity contribution is -0.112. The number of hydrogen-bond donors (Lipinski definition) is 2. The van der Waals surface area contributed by atoms with E-state index < -0.39 is 11.9 Å². The number of nitrogens with zero attached hydrogens (tertiary/aromatic N) is 1. The Morgan fingerprint density at radius 2 is 2.05 bits per heavy atom. The van der Waals surface area contributed by atoms with Crippen molar-refractivity contribution in [3.05, 3.63) is 41.6 Å². The van der Waals surface area contributed by atoms with Gasteiger partial charge in [0.2, 0.25) is 0 Å². The van der Waals surface area contributed by atoms with Crippen LogP contribution in [0, 0.1) is 11.3 Å². The Morgan fingerprint density at radius 1 is 1.32 bits per heavy atom. The summed E-state index contributed by atoms with van der Waals surface area (Å²) in [5.41, 5.74) is 0.492. The maximum absolute atomic E-state index is 12.1. The summed E-state index contributed by atoms with van der Waals surface area (Å²) in [6.45, 7) is 4.58. The fourth-order valence-electron chi connectivity index (χ4n) is 1.64. The van der Waals surface area contributed by atoms with Gasteiger partial charge in [-0.2, -0.15) is 5.26 Å². The summed E-state index contributed by atoms with van der Waals surface area (Å²) in [6.07, 6.45) is 2.24. The van der Waals surface area contributed by atoms with Crippen molar-refractivity contribution in [1.82, 2.24) is 5.32 Å². The summed E-state index contributed by atoms with van der Waals surface area (Å²) in [4.78, 5) is 23.9. The van der Waals surface area contributed by atoms with Gasteiger partial charge in [-0.25, -0.2) is 4.79 Å². The standard InChI is InChI=1S/C16H19N3O3/c1-3-9-18-11-12(10-17)15(20)19-14-8-6-5-7-13(14)16(21)22-4-2/h5-8,11,18H,3-4,9H2,1-2H3,(H,19,20)/b12-11-. The van der Waals surface area contributed by atoms with Gasteiger partial charge in [0.25, 0.3) is 5.91 Å². The molecule has 1 amide bonds. The number of nitrogens with one attached hydrogen (secondary N) is 2. The van der Waals surface area contributed by atoms with Crippen molar-refractivity contribution in [2.75, 3.05) is 18.5 Å². The van der Waals surface area contributed by atoms with E-state index in [2.05, 4.69) is 10.6 Å². The van der Waals surface area contributed by atoms with Gasteiger partial charge in [-0.3, -0.25) is 4.79 Å². The molecule has 2 N–H and O–H groups in total. The first-order chi connectivity index (χ1) is 10.6. The Labute approximate surface area is 129 Å². The molecule has 1 aromatic rings. The van der Waals surface area contributed by atoms with E-state index in [9.17, 15) is 9.59 Å². The Kier molecular flexibility index (Phi) is 7.20. The monoisotopic (exact) mass is 301 g/mol. The van der Waals surface area contributed by atoms with Crippen molar-refractivity contribution >= 4 is 17.6 Å². The summed E-state index contributed by atoms with van der Waals surface area (Å²) in [7, 11) is 0. The molecule has 0 spiro atoms. The first-order valence-electron chi connectivity index (χ1n) is 7.05. The van der Waals surface area contributed by atoms with E-state index in [0.29, 0.717) is 12.2 Å². The van der Waals surface area contributed by atoms with Crippen LogP contribution in [0.5, 0.6) is 0 Å². The van der Waals surface area contributed by atoms with Crippen molar-refractivity contribution in [3.63, 3.8) is 0 Å². The third-order valence-electron chi connectivity index (χ3n) is 2.68. The number of carbonyl (C=O) groups is 2. The van der Waals surface area contributed by atoms with E-state index in [1.807, 2.05) is 13.0 Å². The minimum absolute atomic E-state index is 0.0629. The third kappa shape index (κ3) is 4.94. The number of carbonyl (C=O) groups excluding carboxylic acids is 2. The number of nitriles is 1. The SMILES string of the molecule is CCCN/C=C(/C#N)C(=O)Nc1ccccc1C(=O)OCC. The van der Waals surface area contributed by atoms with E-state index in [1.165, 1.54) is 6.20 Å². The number of anilines is 1. The minimum Gasteiger partial charge on any atom is -0.462 e. The molecule has 0 radical (unpaired) electrons. The van der Waals surface area contributed by atoms with Gasteiger partial charge < -0.3 is 15.4 Å². The number of rotatable bonds is 7. The van der Waals surface area contributed by atoms with Gasteiger partial charge >= 0.3 is 5.97 Å². The summed E-state index contributed by atoms with van der Waals surface area (Å²) in [6, 6.07) is 8.32. The van der Waals surface area contributed by atoms with Crippen LogP contribution in [0.15, 0.2) is 36.0 Å². The highest BCUT2D eigenvalue weighted by atomic mass is 16.5. The highest BCUT2D eigenvalue weighted by Gasteiger charge is 2.16. The number of para-hydroxylation sites is 1. The molecule has 0 saturated heterocycles. The molecule has 0 heterocycles. The maximum Gasteiger partial charge on any atom is 0.340 e. The van der Waals surface area contributed by atoms with E-state index in [1.54, 1.807) is 31.2 Å². The molecule has 6 nitrogen and oxygen atoms in total. The molecular weight excluding hydrogens is 282 g/mol. The van der Waals surface area contributed by atoms with Crippen molar-refractivity contribution in [3.8, 4) is 6.07 Å². The van der Waals surface area contributed by atoms with E-state index in [0.717, 1.165) is 6.42 Å². The zero-order chi connectivity index (χ0) is 16.4. The Morgan fingerprint density at radius 3 is 2.68 bits per heavy atom. The Balaban J connectivity index is 2.90. The molecule has 0 saturated carbocycles. The lowest BCUT2D eigenvalue weighted by Crippen LogP contribution is -2.19. The lowest BCUT2D eigenvalue weighted by Gasteiger charge is -2.10. The largest absolute Gasteiger partial charge is 0.462 e. The number of benzene rings is 1. The molecule has 0 aliphatic rings. The number of amides is 1. The molecule has 0 unspecified atom stereocenters. The lowest BCUT2D eigenvalue weighted by atomic mass is 10.1. The summed E-state index contributed by atoms with van der Waals surface area (Å²) in [5, 5.41) is 14.5. The quantitative estimate of drug-likeness (QED) is 0.349. The molecule has 1 aromatic carbocycles. The second-order valence-corrected chi connectivity index (χ2v) is 4.34. The predicted molar refractivity (Wildman–Crippen MR) is 83.0 cm³/mol. The van der Waals surface area contributed by atoms with Crippen LogP contribution in [0.2, 0.25) is 0 Å². The smallest absolute Gasteiger partial charge is 0.340 e. The molecule has 22 heavy (non-hydrogen) atoms. The van der Waals surface area contributed by atoms with Crippen LogP contribution in [0.4, 0.5) is 5.69 Å². The first kappa shape index (κ1) is 17.2. The summed E-state index contributed by atoms with van der Waals surface area (Å²) >= 11 is 0. The van der Waals surface area contributed by atoms with Gasteiger partial charge in [0.15, 0.2) is 0 Å². The third-order valence-corrected chi connectivity index (χ3v) is 2.68. The van der Waals surface area contributed by atoms with Gasteiger partial charge in [-0.05, 0) is 25.5 Å². The van der Waals surface area contributed by atoms with Crippen LogP contribution >= 0.6 is 0 Å². The molecule has 6 heteroatoms. The zero-order valence-corrected chi connectivity index (χ0v) is 12.7. The molecule has 0 fully saturated rings. The second-order valence-electron chi connectivity index (χ2n) is 4.34. The van der Waals surface area contributed by atoms with E-state index >= 15 is 0 Å². The van der Waals surface area contributed by atoms with E-state index in [-0.39, 0.29) is 17.7 Å². The topological polar surface area (TPSA) is 91.2 Å². The van der Waals surface area contributed by atoms with Gasteiger partial charge in [-0.15, -0.1) is 0 Å². The fraction of sp³-hybridized carbons (Fsp3) is 0.312.